The molecule has 21 heavy (non-hydrogen) atoms. The van der Waals surface area contributed by atoms with Crippen LogP contribution in [0.4, 0.5) is 0 Å². The van der Waals surface area contributed by atoms with E-state index in [1.54, 1.807) is 11.8 Å². The average Bonchev–Trinajstić information content (AvgIpc) is 2.43. The second-order valence-corrected chi connectivity index (χ2v) is 5.92. The van der Waals surface area contributed by atoms with E-state index < -0.39 is 0 Å². The molecule has 0 saturated carbocycles. The number of carbonyl (C=O) groups is 1. The molecule has 1 heterocycles. The van der Waals surface area contributed by atoms with Crippen LogP contribution in [-0.4, -0.2) is 44.2 Å². The molecule has 1 aromatic rings. The maximum absolute atomic E-state index is 11.5. The van der Waals surface area contributed by atoms with E-state index in [1.165, 1.54) is 0 Å². The number of rotatable bonds is 6. The molecule has 1 aromatic carbocycles. The highest BCUT2D eigenvalue weighted by atomic mass is 16.5. The van der Waals surface area contributed by atoms with Crippen molar-refractivity contribution in [3.63, 3.8) is 0 Å². The first-order valence-corrected chi connectivity index (χ1v) is 7.78. The van der Waals surface area contributed by atoms with E-state index in [4.69, 9.17) is 9.47 Å². The van der Waals surface area contributed by atoms with E-state index in [9.17, 15) is 4.79 Å². The fourth-order valence-electron chi connectivity index (χ4n) is 2.98. The van der Waals surface area contributed by atoms with E-state index in [1.807, 2.05) is 24.3 Å². The minimum absolute atomic E-state index is 0.0482. The lowest BCUT2D eigenvalue weighted by Gasteiger charge is -2.32. The van der Waals surface area contributed by atoms with Gasteiger partial charge in [0.2, 0.25) is 0 Å². The fourth-order valence-corrected chi connectivity index (χ4v) is 2.98. The van der Waals surface area contributed by atoms with Crippen LogP contribution in [-0.2, 0) is 4.74 Å². The van der Waals surface area contributed by atoms with Gasteiger partial charge in [-0.25, -0.2) is 0 Å². The van der Waals surface area contributed by atoms with Gasteiger partial charge < -0.3 is 14.4 Å². The van der Waals surface area contributed by atoms with Gasteiger partial charge in [-0.15, -0.1) is 0 Å². The average molecular weight is 292 g/mol. The van der Waals surface area contributed by atoms with Gasteiger partial charge in [-0.2, -0.15) is 0 Å². The van der Waals surface area contributed by atoms with Crippen LogP contribution < -0.4 is 9.64 Å². The Labute approximate surface area is 127 Å². The van der Waals surface area contributed by atoms with Gasteiger partial charge in [0.15, 0.2) is 5.78 Å². The van der Waals surface area contributed by atoms with Gasteiger partial charge in [-0.3, -0.25) is 4.79 Å². The summed E-state index contributed by atoms with van der Waals surface area (Å²) >= 11 is 0. The highest BCUT2D eigenvalue weighted by Gasteiger charge is 2.24. The molecule has 1 unspecified atom stereocenters. The fraction of sp³-hybridized carbons (Fsp3) is 0.588. The second-order valence-electron chi connectivity index (χ2n) is 5.92. The zero-order valence-electron chi connectivity index (χ0n) is 13.2. The largest absolute Gasteiger partial charge is 0.493 e. The summed E-state index contributed by atoms with van der Waals surface area (Å²) in [4.78, 5) is 13.1. The molecule has 1 saturated heterocycles. The third-order valence-electron chi connectivity index (χ3n) is 3.82. The highest BCUT2D eigenvalue weighted by molar-refractivity contribution is 5.96. The summed E-state index contributed by atoms with van der Waals surface area (Å²) in [5.41, 5.74) is 0.665. The summed E-state index contributed by atoms with van der Waals surface area (Å²) in [5.74, 6) is 0.746. The molecule has 1 aliphatic rings. The minimum atomic E-state index is 0.0482. The third kappa shape index (κ3) is 4.83. The Bertz CT molecular complexity index is 465. The third-order valence-corrected chi connectivity index (χ3v) is 3.82. The van der Waals surface area contributed by atoms with Crippen LogP contribution in [0.15, 0.2) is 24.3 Å². The number of nitrogens with one attached hydrogen (secondary N) is 1. The van der Waals surface area contributed by atoms with E-state index >= 15 is 0 Å². The van der Waals surface area contributed by atoms with E-state index in [-0.39, 0.29) is 5.78 Å². The topological polar surface area (TPSA) is 40.0 Å². The molecule has 0 aliphatic carbocycles. The Kier molecular flexibility index (Phi) is 5.76. The van der Waals surface area contributed by atoms with E-state index in [0.29, 0.717) is 30.1 Å². The predicted octanol–water partition coefficient (Wildman–Crippen LogP) is 1.35. The lowest BCUT2D eigenvalue weighted by atomic mass is 10.1. The second kappa shape index (κ2) is 7.57. The van der Waals surface area contributed by atoms with Crippen molar-refractivity contribution in [1.29, 1.82) is 0 Å². The number of carbonyl (C=O) groups excluding carboxylic acids is 1. The van der Waals surface area contributed by atoms with E-state index in [0.717, 1.165) is 26.1 Å². The highest BCUT2D eigenvalue weighted by Crippen LogP contribution is 2.18. The van der Waals surface area contributed by atoms with Crippen LogP contribution in [0, 0.1) is 0 Å². The summed E-state index contributed by atoms with van der Waals surface area (Å²) in [5, 5.41) is 0. The van der Waals surface area contributed by atoms with Crippen molar-refractivity contribution in [3.8, 4) is 5.75 Å². The standard InChI is InChI=1S/C17H25NO3/c1-13-11-18(12-14(2)21-13)9-6-10-20-17-8-5-4-7-16(17)15(3)19/h4-5,7-8,13-14H,6,9-12H2,1-3H3/p+1/t13-,14+. The molecular weight excluding hydrogens is 266 g/mol. The molecule has 4 nitrogen and oxygen atoms in total. The normalized spacial score (nSPS) is 25.6. The lowest BCUT2D eigenvalue weighted by Crippen LogP contribution is -3.15. The molecule has 0 aromatic heterocycles. The van der Waals surface area contributed by atoms with Crippen molar-refractivity contribution >= 4 is 5.78 Å². The number of hydrogen-bond donors (Lipinski definition) is 1. The molecule has 0 bridgehead atoms. The SMILES string of the molecule is CC(=O)c1ccccc1OCCC[NH+]1C[C@@H](C)O[C@@H](C)C1. The number of para-hydroxylation sites is 1. The zero-order chi connectivity index (χ0) is 15.2. The number of hydrogen-bond acceptors (Lipinski definition) is 3. The molecule has 0 radical (unpaired) electrons. The van der Waals surface area contributed by atoms with Gasteiger partial charge in [0.1, 0.15) is 31.0 Å². The molecule has 3 atom stereocenters. The molecular formula is C17H26NO3+. The van der Waals surface area contributed by atoms with E-state index in [2.05, 4.69) is 13.8 Å². The van der Waals surface area contributed by atoms with Crippen LogP contribution in [0.2, 0.25) is 0 Å². The van der Waals surface area contributed by atoms with Crippen molar-refractivity contribution in [2.75, 3.05) is 26.2 Å². The lowest BCUT2D eigenvalue weighted by molar-refractivity contribution is -0.915. The number of ether oxygens (including phenoxy) is 2. The Balaban J connectivity index is 1.76. The number of ketones is 1. The molecule has 1 fully saturated rings. The number of quaternary nitrogens is 1. The van der Waals surface area contributed by atoms with Crippen molar-refractivity contribution < 1.29 is 19.2 Å². The van der Waals surface area contributed by atoms with Crippen LogP contribution in [0.25, 0.3) is 0 Å². The van der Waals surface area contributed by atoms with Crippen molar-refractivity contribution in [1.82, 2.24) is 0 Å². The van der Waals surface area contributed by atoms with Crippen molar-refractivity contribution in [2.45, 2.75) is 39.4 Å². The molecule has 1 N–H and O–H groups in total. The first-order valence-electron chi connectivity index (χ1n) is 7.78. The first kappa shape index (κ1) is 16.0. The van der Waals surface area contributed by atoms with Gasteiger partial charge >= 0.3 is 0 Å². The number of morpholine rings is 1. The van der Waals surface area contributed by atoms with Crippen LogP contribution in [0.3, 0.4) is 0 Å². The van der Waals surface area contributed by atoms with Crippen molar-refractivity contribution in [3.05, 3.63) is 29.8 Å². The Morgan fingerprint density at radius 3 is 2.62 bits per heavy atom. The predicted molar refractivity (Wildman–Crippen MR) is 82.1 cm³/mol. The van der Waals surface area contributed by atoms with Gasteiger partial charge in [0, 0.05) is 6.42 Å². The Hall–Kier alpha value is -1.39. The van der Waals surface area contributed by atoms with Crippen LogP contribution >= 0.6 is 0 Å². The molecule has 0 spiro atoms. The smallest absolute Gasteiger partial charge is 0.163 e. The molecule has 2 rings (SSSR count). The maximum Gasteiger partial charge on any atom is 0.163 e. The molecule has 4 heteroatoms. The van der Waals surface area contributed by atoms with Gasteiger partial charge in [-0.1, -0.05) is 12.1 Å². The number of benzene rings is 1. The Morgan fingerprint density at radius 2 is 1.95 bits per heavy atom. The summed E-state index contributed by atoms with van der Waals surface area (Å²) in [6, 6.07) is 7.44. The molecule has 1 aliphatic heterocycles. The van der Waals surface area contributed by atoms with Gasteiger partial charge in [-0.05, 0) is 32.9 Å². The summed E-state index contributed by atoms with van der Waals surface area (Å²) in [7, 11) is 0. The van der Waals surface area contributed by atoms with Gasteiger partial charge in [0.25, 0.3) is 0 Å². The van der Waals surface area contributed by atoms with Gasteiger partial charge in [0.05, 0.1) is 18.7 Å². The minimum Gasteiger partial charge on any atom is -0.493 e. The summed E-state index contributed by atoms with van der Waals surface area (Å²) in [6.07, 6.45) is 1.66. The quantitative estimate of drug-likeness (QED) is 0.635. The van der Waals surface area contributed by atoms with Crippen LogP contribution in [0.5, 0.6) is 5.75 Å². The number of Topliss-reactive ketones (excluding diaryl/α,β-unsaturated/α-hetero) is 1. The van der Waals surface area contributed by atoms with Crippen LogP contribution in [0.1, 0.15) is 37.6 Å². The van der Waals surface area contributed by atoms with Crippen molar-refractivity contribution in [2.24, 2.45) is 0 Å². The zero-order valence-corrected chi connectivity index (χ0v) is 13.2. The first-order chi connectivity index (χ1) is 10.1. The molecule has 0 amide bonds. The monoisotopic (exact) mass is 292 g/mol. The Morgan fingerprint density at radius 1 is 1.29 bits per heavy atom. The summed E-state index contributed by atoms with van der Waals surface area (Å²) in [6.45, 7) is 9.70. The maximum atomic E-state index is 11.5. The summed E-state index contributed by atoms with van der Waals surface area (Å²) < 4.78 is 11.5. The molecule has 116 valence electrons.